The van der Waals surface area contributed by atoms with Crippen LogP contribution >= 0.6 is 11.6 Å². The molecule has 0 spiro atoms. The average molecular weight is 298 g/mol. The summed E-state index contributed by atoms with van der Waals surface area (Å²) < 4.78 is 11.1. The number of amides is 1. The van der Waals surface area contributed by atoms with Crippen LogP contribution in [-0.2, 0) is 14.3 Å². The Morgan fingerprint density at radius 2 is 2.15 bits per heavy atom. The number of halogens is 1. The quantitative estimate of drug-likeness (QED) is 0.857. The molecule has 1 aromatic carbocycles. The third-order valence-corrected chi connectivity index (χ3v) is 3.45. The zero-order valence-electron chi connectivity index (χ0n) is 11.8. The molecule has 1 fully saturated rings. The normalized spacial score (nSPS) is 19.4. The first-order valence-corrected chi connectivity index (χ1v) is 7.20. The number of rotatable bonds is 4. The molecule has 5 heteroatoms. The minimum absolute atomic E-state index is 0.0148. The molecule has 1 aromatic rings. The maximum absolute atomic E-state index is 12.1. The summed E-state index contributed by atoms with van der Waals surface area (Å²) in [4.78, 5) is 13.9. The fourth-order valence-corrected chi connectivity index (χ4v) is 2.21. The van der Waals surface area contributed by atoms with Crippen LogP contribution in [0.3, 0.4) is 0 Å². The van der Waals surface area contributed by atoms with Gasteiger partial charge in [0, 0.05) is 11.6 Å². The van der Waals surface area contributed by atoms with E-state index in [4.69, 9.17) is 21.1 Å². The molecule has 2 rings (SSSR count). The van der Waals surface area contributed by atoms with Gasteiger partial charge in [0.25, 0.3) is 0 Å². The first kappa shape index (κ1) is 15.3. The minimum Gasteiger partial charge on any atom is -0.370 e. The molecular weight excluding hydrogens is 278 g/mol. The molecule has 1 aliphatic rings. The van der Waals surface area contributed by atoms with Crippen molar-refractivity contribution in [1.82, 2.24) is 4.90 Å². The standard InChI is InChI=1S/C15H20ClNO3/c1-11(2)20-10-15(18)17-7-8-19-14(9-17)12-3-5-13(16)6-4-12/h3-6,11,14H,7-10H2,1-2H3/t14-/m1/s1. The highest BCUT2D eigenvalue weighted by Gasteiger charge is 2.25. The van der Waals surface area contributed by atoms with E-state index in [1.54, 1.807) is 4.90 Å². The summed E-state index contributed by atoms with van der Waals surface area (Å²) in [7, 11) is 0. The maximum Gasteiger partial charge on any atom is 0.248 e. The molecule has 0 aliphatic carbocycles. The van der Waals surface area contributed by atoms with Crippen LogP contribution in [-0.4, -0.2) is 43.2 Å². The molecule has 1 aliphatic heterocycles. The van der Waals surface area contributed by atoms with Crippen LogP contribution in [0.25, 0.3) is 0 Å². The Kier molecular flexibility index (Phi) is 5.40. The van der Waals surface area contributed by atoms with E-state index in [1.165, 1.54) is 0 Å². The summed E-state index contributed by atoms with van der Waals surface area (Å²) in [5.41, 5.74) is 1.04. The monoisotopic (exact) mass is 297 g/mol. The molecule has 0 radical (unpaired) electrons. The van der Waals surface area contributed by atoms with Crippen molar-refractivity contribution < 1.29 is 14.3 Å². The van der Waals surface area contributed by atoms with Crippen LogP contribution < -0.4 is 0 Å². The van der Waals surface area contributed by atoms with Crippen molar-refractivity contribution >= 4 is 17.5 Å². The zero-order chi connectivity index (χ0) is 14.5. The van der Waals surface area contributed by atoms with Gasteiger partial charge >= 0.3 is 0 Å². The third kappa shape index (κ3) is 4.20. The van der Waals surface area contributed by atoms with Crippen LogP contribution in [0.5, 0.6) is 0 Å². The van der Waals surface area contributed by atoms with Gasteiger partial charge in [0.05, 0.1) is 19.3 Å². The lowest BCUT2D eigenvalue weighted by Crippen LogP contribution is -2.44. The molecule has 1 saturated heterocycles. The van der Waals surface area contributed by atoms with Crippen LogP contribution in [0, 0.1) is 0 Å². The van der Waals surface area contributed by atoms with Gasteiger partial charge in [-0.25, -0.2) is 0 Å². The first-order chi connectivity index (χ1) is 9.56. The van der Waals surface area contributed by atoms with Crippen molar-refractivity contribution in [3.8, 4) is 0 Å². The highest BCUT2D eigenvalue weighted by atomic mass is 35.5. The topological polar surface area (TPSA) is 38.8 Å². The van der Waals surface area contributed by atoms with E-state index < -0.39 is 0 Å². The van der Waals surface area contributed by atoms with Gasteiger partial charge in [-0.05, 0) is 31.5 Å². The van der Waals surface area contributed by atoms with Gasteiger partial charge in [-0.15, -0.1) is 0 Å². The Balaban J connectivity index is 1.94. The van der Waals surface area contributed by atoms with Crippen molar-refractivity contribution in [2.24, 2.45) is 0 Å². The summed E-state index contributed by atoms with van der Waals surface area (Å²) in [6, 6.07) is 7.54. The van der Waals surface area contributed by atoms with Crippen molar-refractivity contribution in [3.63, 3.8) is 0 Å². The van der Waals surface area contributed by atoms with E-state index in [1.807, 2.05) is 38.1 Å². The van der Waals surface area contributed by atoms with E-state index >= 15 is 0 Å². The van der Waals surface area contributed by atoms with Crippen LogP contribution in [0.15, 0.2) is 24.3 Å². The van der Waals surface area contributed by atoms with E-state index in [-0.39, 0.29) is 24.7 Å². The van der Waals surface area contributed by atoms with Crippen molar-refractivity contribution in [2.75, 3.05) is 26.3 Å². The Labute approximate surface area is 124 Å². The lowest BCUT2D eigenvalue weighted by atomic mass is 10.1. The zero-order valence-corrected chi connectivity index (χ0v) is 12.6. The van der Waals surface area contributed by atoms with E-state index in [0.717, 1.165) is 5.56 Å². The summed E-state index contributed by atoms with van der Waals surface area (Å²) >= 11 is 5.88. The molecule has 1 amide bonds. The molecule has 1 atom stereocenters. The number of nitrogens with zero attached hydrogens (tertiary/aromatic N) is 1. The number of benzene rings is 1. The summed E-state index contributed by atoms with van der Waals surface area (Å²) in [6.07, 6.45) is -0.0314. The Hall–Kier alpha value is -1.10. The highest BCUT2D eigenvalue weighted by molar-refractivity contribution is 6.30. The van der Waals surface area contributed by atoms with E-state index in [2.05, 4.69) is 0 Å². The largest absolute Gasteiger partial charge is 0.370 e. The van der Waals surface area contributed by atoms with E-state index in [0.29, 0.717) is 24.7 Å². The Morgan fingerprint density at radius 3 is 2.80 bits per heavy atom. The SMILES string of the molecule is CC(C)OCC(=O)N1CCO[C@@H](c2ccc(Cl)cc2)C1. The lowest BCUT2D eigenvalue weighted by molar-refractivity contribution is -0.145. The second-order valence-corrected chi connectivity index (χ2v) is 5.55. The summed E-state index contributed by atoms with van der Waals surface area (Å²) in [6.45, 7) is 5.68. The average Bonchev–Trinajstić information content (AvgIpc) is 2.45. The maximum atomic E-state index is 12.1. The summed E-state index contributed by atoms with van der Waals surface area (Å²) in [5, 5.41) is 0.697. The van der Waals surface area contributed by atoms with Gasteiger partial charge in [-0.1, -0.05) is 23.7 Å². The van der Waals surface area contributed by atoms with Gasteiger partial charge in [0.1, 0.15) is 12.7 Å². The number of ether oxygens (including phenoxy) is 2. The van der Waals surface area contributed by atoms with Gasteiger partial charge in [0.2, 0.25) is 5.91 Å². The molecule has 0 unspecified atom stereocenters. The Morgan fingerprint density at radius 1 is 1.45 bits per heavy atom. The number of morpholine rings is 1. The molecule has 0 aromatic heterocycles. The smallest absolute Gasteiger partial charge is 0.248 e. The fourth-order valence-electron chi connectivity index (χ4n) is 2.08. The second-order valence-electron chi connectivity index (χ2n) is 5.11. The predicted octanol–water partition coefficient (Wildman–Crippen LogP) is 2.66. The minimum atomic E-state index is -0.0935. The van der Waals surface area contributed by atoms with Crippen LogP contribution in [0.4, 0.5) is 0 Å². The third-order valence-electron chi connectivity index (χ3n) is 3.20. The predicted molar refractivity (Wildman–Crippen MR) is 77.8 cm³/mol. The van der Waals surface area contributed by atoms with Crippen molar-refractivity contribution in [1.29, 1.82) is 0 Å². The molecule has 20 heavy (non-hydrogen) atoms. The van der Waals surface area contributed by atoms with Gasteiger partial charge < -0.3 is 14.4 Å². The van der Waals surface area contributed by atoms with Gasteiger partial charge in [-0.2, -0.15) is 0 Å². The molecule has 4 nitrogen and oxygen atoms in total. The van der Waals surface area contributed by atoms with Crippen molar-refractivity contribution in [2.45, 2.75) is 26.1 Å². The second kappa shape index (κ2) is 7.07. The van der Waals surface area contributed by atoms with Crippen molar-refractivity contribution in [3.05, 3.63) is 34.9 Å². The highest BCUT2D eigenvalue weighted by Crippen LogP contribution is 2.23. The van der Waals surface area contributed by atoms with E-state index in [9.17, 15) is 4.79 Å². The van der Waals surface area contributed by atoms with Crippen LogP contribution in [0.1, 0.15) is 25.5 Å². The van der Waals surface area contributed by atoms with Gasteiger partial charge in [-0.3, -0.25) is 4.79 Å². The fraction of sp³-hybridized carbons (Fsp3) is 0.533. The lowest BCUT2D eigenvalue weighted by Gasteiger charge is -2.33. The first-order valence-electron chi connectivity index (χ1n) is 6.82. The molecule has 0 bridgehead atoms. The Bertz CT molecular complexity index is 447. The number of hydrogen-bond donors (Lipinski definition) is 0. The van der Waals surface area contributed by atoms with Crippen LogP contribution in [0.2, 0.25) is 5.02 Å². The molecule has 110 valence electrons. The number of carbonyl (C=O) groups excluding carboxylic acids is 1. The summed E-state index contributed by atoms with van der Waals surface area (Å²) in [5.74, 6) is 0.0148. The number of carbonyl (C=O) groups is 1. The molecule has 0 saturated carbocycles. The molecule has 0 N–H and O–H groups in total. The molecular formula is C15H20ClNO3. The van der Waals surface area contributed by atoms with Gasteiger partial charge in [0.15, 0.2) is 0 Å². The molecule has 1 heterocycles. The number of hydrogen-bond acceptors (Lipinski definition) is 3.